The van der Waals surface area contributed by atoms with Crippen LogP contribution in [0.1, 0.15) is 16.1 Å². The highest BCUT2D eigenvalue weighted by Gasteiger charge is 2.21. The summed E-state index contributed by atoms with van der Waals surface area (Å²) in [6, 6.07) is 0. The molecule has 0 radical (unpaired) electrons. The molecule has 0 atom stereocenters. The van der Waals surface area contributed by atoms with E-state index in [9.17, 15) is 9.70 Å². The molecule has 1 N–H and O–H groups in total. The lowest BCUT2D eigenvalue weighted by Gasteiger charge is -2.31. The lowest BCUT2D eigenvalue weighted by Crippen LogP contribution is -2.43. The van der Waals surface area contributed by atoms with Crippen molar-refractivity contribution in [2.45, 2.75) is 6.54 Å². The molecule has 0 saturated carbocycles. The fourth-order valence-electron chi connectivity index (χ4n) is 2.02. The van der Waals surface area contributed by atoms with Crippen molar-refractivity contribution in [3.8, 4) is 0 Å². The Hall–Kier alpha value is -1.96. The van der Waals surface area contributed by atoms with Gasteiger partial charge in [0, 0.05) is 26.7 Å². The van der Waals surface area contributed by atoms with Crippen molar-refractivity contribution < 1.29 is 9.90 Å². The second kappa shape index (κ2) is 5.13. The molecule has 8 nitrogen and oxygen atoms in total. The number of rotatable bonds is 4. The van der Waals surface area contributed by atoms with E-state index in [4.69, 9.17) is 5.11 Å². The third-order valence-electron chi connectivity index (χ3n) is 3.13. The van der Waals surface area contributed by atoms with Gasteiger partial charge in [-0.25, -0.2) is 4.79 Å². The molecule has 1 aromatic rings. The summed E-state index contributed by atoms with van der Waals surface area (Å²) >= 11 is 0. The molecule has 0 bridgehead atoms. The number of carbonyl (C=O) groups is 1. The van der Waals surface area contributed by atoms with Gasteiger partial charge in [0.1, 0.15) is 5.56 Å². The molecule has 1 aromatic heterocycles. The van der Waals surface area contributed by atoms with Gasteiger partial charge >= 0.3 is 5.97 Å². The Labute approximate surface area is 104 Å². The van der Waals surface area contributed by atoms with Crippen LogP contribution in [-0.2, 0) is 13.6 Å². The molecule has 2 heterocycles. The maximum absolute atomic E-state index is 11.0. The van der Waals surface area contributed by atoms with E-state index in [2.05, 4.69) is 15.3 Å². The lowest BCUT2D eigenvalue weighted by atomic mass is 10.2. The number of nitrogens with zero attached hydrogens (tertiary/aromatic N) is 5. The number of aromatic nitrogens is 2. The number of aryl methyl sites for hydroxylation is 1. The summed E-state index contributed by atoms with van der Waals surface area (Å²) in [4.78, 5) is 23.5. The average molecular weight is 253 g/mol. The fraction of sp³-hybridized carbons (Fsp3) is 0.600. The van der Waals surface area contributed by atoms with Crippen molar-refractivity contribution in [2.24, 2.45) is 12.3 Å². The summed E-state index contributed by atoms with van der Waals surface area (Å²) in [5.41, 5.74) is 0.906. The Balaban J connectivity index is 2.04. The highest BCUT2D eigenvalue weighted by atomic mass is 16.4. The van der Waals surface area contributed by atoms with E-state index in [1.165, 1.54) is 11.2 Å². The highest BCUT2D eigenvalue weighted by molar-refractivity contribution is 5.88. The van der Waals surface area contributed by atoms with Crippen LogP contribution in [0.3, 0.4) is 0 Å². The molecule has 1 fully saturated rings. The first-order valence-corrected chi connectivity index (χ1v) is 5.66. The normalized spacial score (nSPS) is 16.8. The molecule has 0 spiro atoms. The second-order valence-electron chi connectivity index (χ2n) is 4.25. The first-order valence-electron chi connectivity index (χ1n) is 5.66. The number of nitroso groups, excluding NO2 is 1. The first-order chi connectivity index (χ1) is 8.61. The molecule has 2 rings (SSSR count). The van der Waals surface area contributed by atoms with Crippen LogP contribution in [-0.4, -0.2) is 56.9 Å². The summed E-state index contributed by atoms with van der Waals surface area (Å²) in [6.07, 6.45) is 1.36. The van der Waals surface area contributed by atoms with Crippen LogP contribution in [0.5, 0.6) is 0 Å². The van der Waals surface area contributed by atoms with Crippen molar-refractivity contribution in [1.82, 2.24) is 19.7 Å². The van der Waals surface area contributed by atoms with Crippen LogP contribution in [0.15, 0.2) is 11.5 Å². The number of piperazine rings is 1. The van der Waals surface area contributed by atoms with Gasteiger partial charge in [0.25, 0.3) is 0 Å². The van der Waals surface area contributed by atoms with E-state index in [0.717, 1.165) is 0 Å². The molecular weight excluding hydrogens is 238 g/mol. The molecule has 1 aliphatic heterocycles. The summed E-state index contributed by atoms with van der Waals surface area (Å²) in [5.74, 6) is -0.966. The van der Waals surface area contributed by atoms with E-state index in [0.29, 0.717) is 38.4 Å². The summed E-state index contributed by atoms with van der Waals surface area (Å²) in [7, 11) is 1.73. The Morgan fingerprint density at radius 3 is 2.67 bits per heavy atom. The van der Waals surface area contributed by atoms with Crippen LogP contribution < -0.4 is 0 Å². The fourth-order valence-corrected chi connectivity index (χ4v) is 2.02. The SMILES string of the molecule is Cn1ncc(C(=O)O)c1CN1CCN(N=O)CC1. The van der Waals surface area contributed by atoms with E-state index in [1.807, 2.05) is 0 Å². The molecule has 8 heteroatoms. The minimum atomic E-state index is -0.966. The number of hydrogen-bond donors (Lipinski definition) is 1. The minimum absolute atomic E-state index is 0.230. The molecule has 0 aromatic carbocycles. The highest BCUT2D eigenvalue weighted by Crippen LogP contribution is 2.12. The number of carboxylic acids is 1. The van der Waals surface area contributed by atoms with Gasteiger partial charge < -0.3 is 5.11 Å². The molecule has 0 aliphatic carbocycles. The minimum Gasteiger partial charge on any atom is -0.478 e. The second-order valence-corrected chi connectivity index (χ2v) is 4.25. The predicted molar refractivity (Wildman–Crippen MR) is 62.8 cm³/mol. The van der Waals surface area contributed by atoms with E-state index >= 15 is 0 Å². The topological polar surface area (TPSA) is 91.0 Å². The van der Waals surface area contributed by atoms with Crippen LogP contribution in [0.4, 0.5) is 0 Å². The first kappa shape index (κ1) is 12.5. The van der Waals surface area contributed by atoms with Crippen molar-refractivity contribution >= 4 is 5.97 Å². The molecule has 18 heavy (non-hydrogen) atoms. The summed E-state index contributed by atoms with van der Waals surface area (Å²) in [6.45, 7) is 3.05. The van der Waals surface area contributed by atoms with Crippen LogP contribution >= 0.6 is 0 Å². The third-order valence-corrected chi connectivity index (χ3v) is 3.13. The molecule has 1 aliphatic rings. The molecular formula is C10H15N5O3. The zero-order valence-corrected chi connectivity index (χ0v) is 10.1. The van der Waals surface area contributed by atoms with Crippen molar-refractivity contribution in [3.63, 3.8) is 0 Å². The maximum atomic E-state index is 11.0. The van der Waals surface area contributed by atoms with Crippen LogP contribution in [0.2, 0.25) is 0 Å². The Bertz CT molecular complexity index is 450. The molecule has 98 valence electrons. The average Bonchev–Trinajstić information content (AvgIpc) is 2.72. The number of hydrogen-bond acceptors (Lipinski definition) is 5. The molecule has 0 amide bonds. The number of carboxylic acid groups (broad SMARTS) is 1. The van der Waals surface area contributed by atoms with Crippen LogP contribution in [0, 0.1) is 4.91 Å². The number of aromatic carboxylic acids is 1. The van der Waals surface area contributed by atoms with E-state index < -0.39 is 5.97 Å². The smallest absolute Gasteiger partial charge is 0.339 e. The van der Waals surface area contributed by atoms with Gasteiger partial charge in [0.15, 0.2) is 0 Å². The summed E-state index contributed by atoms with van der Waals surface area (Å²) in [5, 5.41) is 17.4. The monoisotopic (exact) mass is 253 g/mol. The van der Waals surface area contributed by atoms with Gasteiger partial charge in [-0.2, -0.15) is 5.10 Å². The molecule has 0 unspecified atom stereocenters. The zero-order chi connectivity index (χ0) is 13.1. The van der Waals surface area contributed by atoms with Crippen molar-refractivity contribution in [1.29, 1.82) is 0 Å². The van der Waals surface area contributed by atoms with Gasteiger partial charge in [-0.05, 0) is 0 Å². The Morgan fingerprint density at radius 2 is 2.11 bits per heavy atom. The van der Waals surface area contributed by atoms with Gasteiger partial charge in [0.2, 0.25) is 0 Å². The largest absolute Gasteiger partial charge is 0.478 e. The maximum Gasteiger partial charge on any atom is 0.339 e. The molecule has 1 saturated heterocycles. The van der Waals surface area contributed by atoms with Gasteiger partial charge in [0.05, 0.1) is 30.3 Å². The third kappa shape index (κ3) is 2.48. The quantitative estimate of drug-likeness (QED) is 0.754. The Kier molecular flexibility index (Phi) is 3.56. The zero-order valence-electron chi connectivity index (χ0n) is 10.1. The predicted octanol–water partition coefficient (Wildman–Crippen LogP) is -0.0827. The van der Waals surface area contributed by atoms with Gasteiger partial charge in [-0.15, -0.1) is 4.91 Å². The van der Waals surface area contributed by atoms with Crippen LogP contribution in [0.25, 0.3) is 0 Å². The standard InChI is InChI=1S/C10H15N5O3/c1-13-9(8(6-11-13)10(16)17)7-14-2-4-15(12-18)5-3-14/h6H,2-5,7H2,1H3,(H,16,17). The lowest BCUT2D eigenvalue weighted by molar-refractivity contribution is 0.0692. The van der Waals surface area contributed by atoms with E-state index in [1.54, 1.807) is 11.7 Å². The van der Waals surface area contributed by atoms with Gasteiger partial charge in [-0.3, -0.25) is 14.6 Å². The van der Waals surface area contributed by atoms with E-state index in [-0.39, 0.29) is 5.56 Å². The van der Waals surface area contributed by atoms with Crippen molar-refractivity contribution in [2.75, 3.05) is 26.2 Å². The Morgan fingerprint density at radius 1 is 1.44 bits per heavy atom. The van der Waals surface area contributed by atoms with Gasteiger partial charge in [-0.1, -0.05) is 0 Å². The summed E-state index contributed by atoms with van der Waals surface area (Å²) < 4.78 is 1.58. The van der Waals surface area contributed by atoms with Crippen molar-refractivity contribution in [3.05, 3.63) is 22.4 Å².